The van der Waals surface area contributed by atoms with E-state index in [9.17, 15) is 4.39 Å². The second kappa shape index (κ2) is 4.38. The van der Waals surface area contributed by atoms with Gasteiger partial charge in [0.1, 0.15) is 17.3 Å². The van der Waals surface area contributed by atoms with Crippen molar-refractivity contribution in [1.82, 2.24) is 19.7 Å². The maximum Gasteiger partial charge on any atom is 0.159 e. The molecule has 0 unspecified atom stereocenters. The fourth-order valence-corrected chi connectivity index (χ4v) is 2.20. The number of aromatic amines is 1. The van der Waals surface area contributed by atoms with Crippen molar-refractivity contribution in [3.05, 3.63) is 30.1 Å². The number of nitrogens with one attached hydrogen (secondary N) is 1. The molecule has 3 N–H and O–H groups in total. The summed E-state index contributed by atoms with van der Waals surface area (Å²) >= 11 is 0. The molecule has 0 atom stereocenters. The predicted octanol–water partition coefficient (Wildman–Crippen LogP) is 2.56. The van der Waals surface area contributed by atoms with Crippen molar-refractivity contribution >= 4 is 16.9 Å². The van der Waals surface area contributed by atoms with Crippen LogP contribution in [-0.2, 0) is 6.54 Å². The highest BCUT2D eigenvalue weighted by molar-refractivity contribution is 5.80. The molecule has 0 aliphatic rings. The molecule has 0 spiro atoms. The van der Waals surface area contributed by atoms with Gasteiger partial charge in [-0.3, -0.25) is 5.10 Å². The zero-order chi connectivity index (χ0) is 13.4. The summed E-state index contributed by atoms with van der Waals surface area (Å²) in [5.41, 5.74) is 7.90. The summed E-state index contributed by atoms with van der Waals surface area (Å²) in [6, 6.07) is 6.32. The number of aromatic nitrogens is 4. The first-order valence-corrected chi connectivity index (χ1v) is 6.16. The number of hydrogen-bond acceptors (Lipinski definition) is 3. The Bertz CT molecular complexity index is 728. The highest BCUT2D eigenvalue weighted by Crippen LogP contribution is 2.25. The average Bonchev–Trinajstić information content (AvgIpc) is 2.95. The molecule has 3 aromatic rings. The van der Waals surface area contributed by atoms with Crippen LogP contribution in [-0.4, -0.2) is 19.7 Å². The Morgan fingerprint density at radius 1 is 1.37 bits per heavy atom. The molecule has 0 amide bonds. The number of imidazole rings is 1. The number of nitrogen functional groups attached to an aromatic ring is 1. The Morgan fingerprint density at radius 2 is 2.21 bits per heavy atom. The largest absolute Gasteiger partial charge is 0.382 e. The van der Waals surface area contributed by atoms with E-state index in [4.69, 9.17) is 5.73 Å². The molecule has 5 nitrogen and oxygen atoms in total. The van der Waals surface area contributed by atoms with Gasteiger partial charge in [-0.2, -0.15) is 5.10 Å². The van der Waals surface area contributed by atoms with Crippen molar-refractivity contribution < 1.29 is 4.39 Å². The quantitative estimate of drug-likeness (QED) is 0.759. The van der Waals surface area contributed by atoms with Crippen molar-refractivity contribution in [2.45, 2.75) is 19.9 Å². The van der Waals surface area contributed by atoms with Gasteiger partial charge in [-0.1, -0.05) is 6.92 Å². The number of aryl methyl sites for hydroxylation is 1. The van der Waals surface area contributed by atoms with Crippen molar-refractivity contribution in [2.24, 2.45) is 0 Å². The minimum absolute atomic E-state index is 0.263. The summed E-state index contributed by atoms with van der Waals surface area (Å²) < 4.78 is 15.4. The minimum Gasteiger partial charge on any atom is -0.382 e. The standard InChI is InChI=1S/C13H14FN5/c1-2-5-19-11-6-8(14)3-4-9(11)16-13(19)10-7-12(15)18-17-10/h3-4,6-7H,2,5H2,1H3,(H3,15,17,18). The Hall–Kier alpha value is -2.37. The summed E-state index contributed by atoms with van der Waals surface area (Å²) in [5.74, 6) is 0.878. The van der Waals surface area contributed by atoms with Crippen LogP contribution >= 0.6 is 0 Å². The molecular formula is C13H14FN5. The van der Waals surface area contributed by atoms with Gasteiger partial charge < -0.3 is 10.3 Å². The number of nitrogens with zero attached hydrogens (tertiary/aromatic N) is 3. The molecule has 0 bridgehead atoms. The summed E-state index contributed by atoms with van der Waals surface area (Å²) in [7, 11) is 0. The SMILES string of the molecule is CCCn1c(-c2cc(N)n[nH]2)nc2ccc(F)cc21. The van der Waals surface area contributed by atoms with Crippen molar-refractivity contribution in [1.29, 1.82) is 0 Å². The van der Waals surface area contributed by atoms with Crippen molar-refractivity contribution in [3.8, 4) is 11.5 Å². The molecule has 2 aromatic heterocycles. The first-order chi connectivity index (χ1) is 9.19. The summed E-state index contributed by atoms with van der Waals surface area (Å²) in [4.78, 5) is 4.53. The van der Waals surface area contributed by atoms with Crippen molar-refractivity contribution in [3.63, 3.8) is 0 Å². The Labute approximate surface area is 109 Å². The van der Waals surface area contributed by atoms with Crippen LogP contribution in [0, 0.1) is 5.82 Å². The molecule has 0 aliphatic heterocycles. The second-order valence-electron chi connectivity index (χ2n) is 4.43. The normalized spacial score (nSPS) is 11.3. The van der Waals surface area contributed by atoms with E-state index in [0.29, 0.717) is 5.82 Å². The van der Waals surface area contributed by atoms with E-state index in [2.05, 4.69) is 22.1 Å². The zero-order valence-corrected chi connectivity index (χ0v) is 10.5. The number of anilines is 1. The molecule has 98 valence electrons. The average molecular weight is 259 g/mol. The third-order valence-electron chi connectivity index (χ3n) is 3.00. The number of H-pyrrole nitrogens is 1. The summed E-state index contributed by atoms with van der Waals surface area (Å²) in [5, 5.41) is 6.75. The van der Waals surface area contributed by atoms with E-state index in [1.54, 1.807) is 12.1 Å². The fourth-order valence-electron chi connectivity index (χ4n) is 2.20. The van der Waals surface area contributed by atoms with Crippen molar-refractivity contribution in [2.75, 3.05) is 5.73 Å². The molecule has 0 saturated carbocycles. The van der Waals surface area contributed by atoms with Crippen LogP contribution in [0.3, 0.4) is 0 Å². The highest BCUT2D eigenvalue weighted by Gasteiger charge is 2.14. The molecule has 0 fully saturated rings. The van der Waals surface area contributed by atoms with Gasteiger partial charge in [0.05, 0.1) is 11.0 Å². The van der Waals surface area contributed by atoms with E-state index < -0.39 is 0 Å². The molecule has 3 rings (SSSR count). The van der Waals surface area contributed by atoms with Gasteiger partial charge in [-0.05, 0) is 24.6 Å². The Balaban J connectivity index is 2.25. The van der Waals surface area contributed by atoms with Gasteiger partial charge in [0, 0.05) is 12.6 Å². The maximum absolute atomic E-state index is 13.4. The molecular weight excluding hydrogens is 245 g/mol. The third kappa shape index (κ3) is 1.95. The van der Waals surface area contributed by atoms with Crippen LogP contribution < -0.4 is 5.73 Å². The van der Waals surface area contributed by atoms with Gasteiger partial charge in [-0.15, -0.1) is 0 Å². The van der Waals surface area contributed by atoms with E-state index in [1.807, 2.05) is 4.57 Å². The fraction of sp³-hybridized carbons (Fsp3) is 0.231. The van der Waals surface area contributed by atoms with Crippen LogP contribution in [0.2, 0.25) is 0 Å². The van der Waals surface area contributed by atoms with E-state index in [0.717, 1.165) is 35.5 Å². The number of rotatable bonds is 3. The van der Waals surface area contributed by atoms with Gasteiger partial charge >= 0.3 is 0 Å². The summed E-state index contributed by atoms with van der Waals surface area (Å²) in [6.45, 7) is 2.82. The lowest BCUT2D eigenvalue weighted by atomic mass is 10.3. The van der Waals surface area contributed by atoms with Gasteiger partial charge in [0.2, 0.25) is 0 Å². The molecule has 0 saturated heterocycles. The lowest BCUT2D eigenvalue weighted by molar-refractivity contribution is 0.627. The van der Waals surface area contributed by atoms with Gasteiger partial charge in [0.15, 0.2) is 5.82 Å². The van der Waals surface area contributed by atoms with Crippen LogP contribution in [0.15, 0.2) is 24.3 Å². The molecule has 2 heterocycles. The first-order valence-electron chi connectivity index (χ1n) is 6.16. The smallest absolute Gasteiger partial charge is 0.159 e. The zero-order valence-electron chi connectivity index (χ0n) is 10.5. The number of nitrogens with two attached hydrogens (primary N) is 1. The third-order valence-corrected chi connectivity index (χ3v) is 3.00. The molecule has 0 aliphatic carbocycles. The molecule has 19 heavy (non-hydrogen) atoms. The lowest BCUT2D eigenvalue weighted by Gasteiger charge is -2.05. The van der Waals surface area contributed by atoms with Crippen LogP contribution in [0.1, 0.15) is 13.3 Å². The number of benzene rings is 1. The Morgan fingerprint density at radius 3 is 2.89 bits per heavy atom. The number of halogens is 1. The number of hydrogen-bond donors (Lipinski definition) is 2. The predicted molar refractivity (Wildman–Crippen MR) is 72.0 cm³/mol. The lowest BCUT2D eigenvalue weighted by Crippen LogP contribution is -2.00. The highest BCUT2D eigenvalue weighted by atomic mass is 19.1. The molecule has 6 heteroatoms. The van der Waals surface area contributed by atoms with E-state index >= 15 is 0 Å². The molecule has 0 radical (unpaired) electrons. The topological polar surface area (TPSA) is 72.5 Å². The second-order valence-corrected chi connectivity index (χ2v) is 4.43. The maximum atomic E-state index is 13.4. The van der Waals surface area contributed by atoms with Crippen LogP contribution in [0.25, 0.3) is 22.6 Å². The molecule has 1 aromatic carbocycles. The van der Waals surface area contributed by atoms with E-state index in [-0.39, 0.29) is 5.82 Å². The van der Waals surface area contributed by atoms with E-state index in [1.165, 1.54) is 12.1 Å². The first kappa shape index (κ1) is 11.7. The van der Waals surface area contributed by atoms with Gasteiger partial charge in [-0.25, -0.2) is 9.37 Å². The summed E-state index contributed by atoms with van der Waals surface area (Å²) in [6.07, 6.45) is 0.929. The Kier molecular flexibility index (Phi) is 2.70. The van der Waals surface area contributed by atoms with Gasteiger partial charge in [0.25, 0.3) is 0 Å². The monoisotopic (exact) mass is 259 g/mol. The number of fused-ring (bicyclic) bond motifs is 1. The minimum atomic E-state index is -0.263. The van der Waals surface area contributed by atoms with Crippen LogP contribution in [0.5, 0.6) is 0 Å². The van der Waals surface area contributed by atoms with Crippen LogP contribution in [0.4, 0.5) is 10.2 Å².